The standard InChI is InChI=1S/C11H17N3O2S/c1-6(2)9(13-8(4)15)10(16)14-11-12-5-7(3)17-11/h5-6,9H,1-4H3,(H,13,15)(H,12,14,16). The fraction of sp³-hybridized carbons (Fsp3) is 0.545. The lowest BCUT2D eigenvalue weighted by Gasteiger charge is -2.19. The van der Waals surface area contributed by atoms with Crippen molar-refractivity contribution in [2.75, 3.05) is 5.32 Å². The number of hydrogen-bond donors (Lipinski definition) is 2. The molecule has 1 atom stereocenters. The predicted molar refractivity (Wildman–Crippen MR) is 67.9 cm³/mol. The van der Waals surface area contributed by atoms with E-state index in [2.05, 4.69) is 15.6 Å². The summed E-state index contributed by atoms with van der Waals surface area (Å²) in [6.07, 6.45) is 1.70. The number of aryl methyl sites for hydroxylation is 1. The van der Waals surface area contributed by atoms with Crippen LogP contribution in [0.15, 0.2) is 6.20 Å². The molecule has 1 heterocycles. The molecular formula is C11H17N3O2S. The molecule has 6 heteroatoms. The van der Waals surface area contributed by atoms with Crippen molar-refractivity contribution in [3.05, 3.63) is 11.1 Å². The van der Waals surface area contributed by atoms with Crippen LogP contribution in [-0.4, -0.2) is 22.8 Å². The Balaban J connectivity index is 2.68. The van der Waals surface area contributed by atoms with Gasteiger partial charge >= 0.3 is 0 Å². The SMILES string of the molecule is CC(=O)NC(C(=O)Nc1ncc(C)s1)C(C)C. The van der Waals surface area contributed by atoms with Crippen LogP contribution in [0.1, 0.15) is 25.6 Å². The summed E-state index contributed by atoms with van der Waals surface area (Å²) in [5.74, 6) is -0.418. The number of carbonyl (C=O) groups excluding carboxylic acids is 2. The first-order valence-corrected chi connectivity index (χ1v) is 6.22. The largest absolute Gasteiger partial charge is 0.344 e. The van der Waals surface area contributed by atoms with Gasteiger partial charge in [-0.25, -0.2) is 4.98 Å². The number of thiazole rings is 1. The van der Waals surface area contributed by atoms with Crippen molar-refractivity contribution in [1.82, 2.24) is 10.3 Å². The molecule has 0 radical (unpaired) electrons. The predicted octanol–water partition coefficient (Wildman–Crippen LogP) is 1.55. The van der Waals surface area contributed by atoms with E-state index in [1.54, 1.807) is 6.20 Å². The normalized spacial score (nSPS) is 12.3. The fourth-order valence-corrected chi connectivity index (χ4v) is 2.02. The molecule has 1 rings (SSSR count). The van der Waals surface area contributed by atoms with Crippen molar-refractivity contribution in [3.63, 3.8) is 0 Å². The molecule has 17 heavy (non-hydrogen) atoms. The Bertz CT molecular complexity index is 415. The quantitative estimate of drug-likeness (QED) is 0.857. The highest BCUT2D eigenvalue weighted by atomic mass is 32.1. The summed E-state index contributed by atoms with van der Waals surface area (Å²) in [5.41, 5.74) is 0. The highest BCUT2D eigenvalue weighted by Gasteiger charge is 2.23. The minimum Gasteiger partial charge on any atom is -0.344 e. The molecule has 94 valence electrons. The van der Waals surface area contributed by atoms with E-state index >= 15 is 0 Å². The number of amides is 2. The van der Waals surface area contributed by atoms with E-state index in [1.165, 1.54) is 18.3 Å². The van der Waals surface area contributed by atoms with Gasteiger partial charge in [-0.15, -0.1) is 11.3 Å². The number of aromatic nitrogens is 1. The second-order valence-electron chi connectivity index (χ2n) is 4.19. The monoisotopic (exact) mass is 255 g/mol. The van der Waals surface area contributed by atoms with Gasteiger partial charge < -0.3 is 10.6 Å². The number of rotatable bonds is 4. The summed E-state index contributed by atoms with van der Waals surface area (Å²) >= 11 is 1.41. The van der Waals surface area contributed by atoms with Gasteiger partial charge in [-0.05, 0) is 12.8 Å². The Hall–Kier alpha value is -1.43. The first-order chi connectivity index (χ1) is 7.90. The van der Waals surface area contributed by atoms with Gasteiger partial charge in [-0.1, -0.05) is 13.8 Å². The van der Waals surface area contributed by atoms with Crippen molar-refractivity contribution in [1.29, 1.82) is 0 Å². The minimum atomic E-state index is -0.531. The Morgan fingerprint density at radius 1 is 1.41 bits per heavy atom. The molecule has 0 spiro atoms. The Morgan fingerprint density at radius 2 is 2.06 bits per heavy atom. The zero-order chi connectivity index (χ0) is 13.0. The summed E-state index contributed by atoms with van der Waals surface area (Å²) in [5, 5.41) is 5.89. The van der Waals surface area contributed by atoms with Crippen LogP contribution >= 0.6 is 11.3 Å². The lowest BCUT2D eigenvalue weighted by molar-refractivity contribution is -0.126. The minimum absolute atomic E-state index is 0.0277. The van der Waals surface area contributed by atoms with Crippen molar-refractivity contribution < 1.29 is 9.59 Å². The first kappa shape index (κ1) is 13.6. The van der Waals surface area contributed by atoms with Crippen molar-refractivity contribution in [2.45, 2.75) is 33.7 Å². The first-order valence-electron chi connectivity index (χ1n) is 5.40. The molecule has 0 aliphatic carbocycles. The molecule has 0 bridgehead atoms. The second kappa shape index (κ2) is 5.77. The highest BCUT2D eigenvalue weighted by molar-refractivity contribution is 7.15. The molecular weight excluding hydrogens is 238 g/mol. The number of anilines is 1. The number of nitrogens with zero attached hydrogens (tertiary/aromatic N) is 1. The van der Waals surface area contributed by atoms with Gasteiger partial charge in [0.25, 0.3) is 0 Å². The van der Waals surface area contributed by atoms with Crippen LogP contribution in [0.4, 0.5) is 5.13 Å². The van der Waals surface area contributed by atoms with Crippen molar-refractivity contribution in [3.8, 4) is 0 Å². The smallest absolute Gasteiger partial charge is 0.248 e. The van der Waals surface area contributed by atoms with Crippen LogP contribution in [0.3, 0.4) is 0 Å². The lowest BCUT2D eigenvalue weighted by Crippen LogP contribution is -2.46. The molecule has 1 aromatic rings. The van der Waals surface area contributed by atoms with Gasteiger partial charge in [-0.3, -0.25) is 9.59 Å². The highest BCUT2D eigenvalue weighted by Crippen LogP contribution is 2.17. The van der Waals surface area contributed by atoms with E-state index in [-0.39, 0.29) is 17.7 Å². The maximum Gasteiger partial charge on any atom is 0.248 e. The maximum absolute atomic E-state index is 11.9. The molecule has 5 nitrogen and oxygen atoms in total. The van der Waals surface area contributed by atoms with Crippen LogP contribution in [-0.2, 0) is 9.59 Å². The Labute approximate surface area is 105 Å². The Morgan fingerprint density at radius 3 is 2.47 bits per heavy atom. The Kier molecular flexibility index (Phi) is 4.62. The van der Waals surface area contributed by atoms with E-state index in [0.29, 0.717) is 5.13 Å². The zero-order valence-corrected chi connectivity index (χ0v) is 11.2. The van der Waals surface area contributed by atoms with Crippen molar-refractivity contribution in [2.24, 2.45) is 5.92 Å². The molecule has 2 N–H and O–H groups in total. The van der Waals surface area contributed by atoms with E-state index in [4.69, 9.17) is 0 Å². The molecule has 0 fully saturated rings. The van der Waals surface area contributed by atoms with E-state index < -0.39 is 6.04 Å². The van der Waals surface area contributed by atoms with Gasteiger partial charge in [0.05, 0.1) is 0 Å². The molecule has 2 amide bonds. The van der Waals surface area contributed by atoms with Crippen LogP contribution in [0.2, 0.25) is 0 Å². The van der Waals surface area contributed by atoms with Crippen LogP contribution in [0, 0.1) is 12.8 Å². The topological polar surface area (TPSA) is 71.1 Å². The zero-order valence-electron chi connectivity index (χ0n) is 10.4. The van der Waals surface area contributed by atoms with Gasteiger partial charge in [-0.2, -0.15) is 0 Å². The average molecular weight is 255 g/mol. The number of carbonyl (C=O) groups is 2. The van der Waals surface area contributed by atoms with Gasteiger partial charge in [0, 0.05) is 18.0 Å². The van der Waals surface area contributed by atoms with Gasteiger partial charge in [0.2, 0.25) is 11.8 Å². The molecule has 0 aliphatic rings. The third-order valence-corrected chi connectivity index (χ3v) is 2.99. The summed E-state index contributed by atoms with van der Waals surface area (Å²) in [4.78, 5) is 28.0. The third-order valence-electron chi connectivity index (χ3n) is 2.16. The third kappa shape index (κ3) is 4.14. The molecule has 1 aromatic heterocycles. The van der Waals surface area contributed by atoms with Crippen molar-refractivity contribution >= 4 is 28.3 Å². The fourth-order valence-electron chi connectivity index (χ4n) is 1.35. The van der Waals surface area contributed by atoms with Crippen LogP contribution < -0.4 is 10.6 Å². The lowest BCUT2D eigenvalue weighted by atomic mass is 10.0. The summed E-state index contributed by atoms with van der Waals surface area (Å²) < 4.78 is 0. The molecule has 0 aromatic carbocycles. The summed E-state index contributed by atoms with van der Waals surface area (Å²) in [7, 11) is 0. The van der Waals surface area contributed by atoms with E-state index in [1.807, 2.05) is 20.8 Å². The average Bonchev–Trinajstić information content (AvgIpc) is 2.59. The molecule has 0 saturated carbocycles. The molecule has 0 aliphatic heterocycles. The second-order valence-corrected chi connectivity index (χ2v) is 5.42. The van der Waals surface area contributed by atoms with Gasteiger partial charge in [0.1, 0.15) is 6.04 Å². The molecule has 0 saturated heterocycles. The number of nitrogens with one attached hydrogen (secondary N) is 2. The summed E-state index contributed by atoms with van der Waals surface area (Å²) in [6, 6.07) is -0.531. The van der Waals surface area contributed by atoms with E-state index in [9.17, 15) is 9.59 Å². The van der Waals surface area contributed by atoms with Crippen LogP contribution in [0.5, 0.6) is 0 Å². The van der Waals surface area contributed by atoms with Crippen LogP contribution in [0.25, 0.3) is 0 Å². The molecule has 1 unspecified atom stereocenters. The summed E-state index contributed by atoms with van der Waals surface area (Å²) in [6.45, 7) is 7.08. The number of hydrogen-bond acceptors (Lipinski definition) is 4. The maximum atomic E-state index is 11.9. The van der Waals surface area contributed by atoms with E-state index in [0.717, 1.165) is 4.88 Å². The van der Waals surface area contributed by atoms with Gasteiger partial charge in [0.15, 0.2) is 5.13 Å².